The van der Waals surface area contributed by atoms with Crippen molar-refractivity contribution in [3.63, 3.8) is 0 Å². The maximum atomic E-state index is 13.6. The van der Waals surface area contributed by atoms with Crippen LogP contribution >= 0.6 is 0 Å². The first-order valence-corrected chi connectivity index (χ1v) is 6.53. The van der Waals surface area contributed by atoms with Gasteiger partial charge in [-0.15, -0.1) is 0 Å². The molecule has 4 rings (SSSR count). The normalized spacial score (nSPS) is 11.6. The summed E-state index contributed by atoms with van der Waals surface area (Å²) < 4.78 is 40.7. The summed E-state index contributed by atoms with van der Waals surface area (Å²) in [6, 6.07) is 13.2. The summed E-state index contributed by atoms with van der Waals surface area (Å²) >= 11 is 0. The van der Waals surface area contributed by atoms with Gasteiger partial charge in [0.15, 0.2) is 0 Å². The van der Waals surface area contributed by atoms with Crippen LogP contribution in [0.5, 0.6) is 0 Å². The molecule has 0 aliphatic rings. The molecule has 0 aromatic heterocycles. The molecule has 0 aliphatic heterocycles. The zero-order chi connectivity index (χ0) is 14.6. The van der Waals surface area contributed by atoms with Crippen molar-refractivity contribution >= 4 is 32.3 Å². The van der Waals surface area contributed by atoms with Gasteiger partial charge in [-0.25, -0.2) is 13.2 Å². The van der Waals surface area contributed by atoms with Crippen LogP contribution in [-0.4, -0.2) is 0 Å². The minimum Gasteiger partial charge on any atom is -0.207 e. The van der Waals surface area contributed by atoms with Crippen LogP contribution in [0.1, 0.15) is 0 Å². The van der Waals surface area contributed by atoms with E-state index in [1.54, 1.807) is 18.2 Å². The lowest BCUT2D eigenvalue weighted by molar-refractivity contribution is 0.628. The van der Waals surface area contributed by atoms with E-state index in [1.807, 2.05) is 0 Å². The third kappa shape index (κ3) is 1.77. The van der Waals surface area contributed by atoms with Gasteiger partial charge in [0.1, 0.15) is 17.5 Å². The second-order valence-corrected chi connectivity index (χ2v) is 5.07. The van der Waals surface area contributed by atoms with Crippen LogP contribution in [0.15, 0.2) is 54.6 Å². The predicted molar refractivity (Wildman–Crippen MR) is 78.8 cm³/mol. The molecular formula is C18H9F3. The summed E-state index contributed by atoms with van der Waals surface area (Å²) in [5, 5.41) is 4.23. The highest BCUT2D eigenvalue weighted by atomic mass is 19.1. The van der Waals surface area contributed by atoms with Crippen molar-refractivity contribution < 1.29 is 13.2 Å². The Morgan fingerprint density at radius 2 is 0.667 bits per heavy atom. The highest BCUT2D eigenvalue weighted by Crippen LogP contribution is 2.35. The van der Waals surface area contributed by atoms with Gasteiger partial charge in [0.2, 0.25) is 0 Å². The second-order valence-electron chi connectivity index (χ2n) is 5.07. The van der Waals surface area contributed by atoms with Crippen molar-refractivity contribution in [3.8, 4) is 0 Å². The Morgan fingerprint density at radius 3 is 1.05 bits per heavy atom. The highest BCUT2D eigenvalue weighted by Gasteiger charge is 2.10. The summed E-state index contributed by atoms with van der Waals surface area (Å²) in [5.74, 6) is -1.13. The van der Waals surface area contributed by atoms with Crippen LogP contribution in [0.3, 0.4) is 0 Å². The second kappa shape index (κ2) is 4.22. The van der Waals surface area contributed by atoms with Crippen LogP contribution in [0.25, 0.3) is 32.3 Å². The smallest absolute Gasteiger partial charge is 0.123 e. The molecule has 21 heavy (non-hydrogen) atoms. The van der Waals surface area contributed by atoms with E-state index in [9.17, 15) is 13.2 Å². The Balaban J connectivity index is 2.39. The first-order chi connectivity index (χ1) is 10.1. The molecular weight excluding hydrogens is 273 g/mol. The van der Waals surface area contributed by atoms with Crippen molar-refractivity contribution in [3.05, 3.63) is 72.0 Å². The number of hydrogen-bond donors (Lipinski definition) is 0. The quantitative estimate of drug-likeness (QED) is 0.370. The average molecular weight is 282 g/mol. The minimum absolute atomic E-state index is 0.352. The Kier molecular flexibility index (Phi) is 2.45. The molecule has 0 unspecified atom stereocenters. The van der Waals surface area contributed by atoms with E-state index in [2.05, 4.69) is 0 Å². The summed E-state index contributed by atoms with van der Waals surface area (Å²) in [7, 11) is 0. The average Bonchev–Trinajstić information content (AvgIpc) is 2.47. The molecule has 4 aromatic carbocycles. The standard InChI is InChI=1S/C18H9F3/c19-10-1-4-13-14-5-2-11(20)8-17(14)18-9-12(21)3-6-15(18)16(13)7-10/h1-9H. The molecule has 0 nitrogen and oxygen atoms in total. The molecule has 0 N–H and O–H groups in total. The molecule has 0 bridgehead atoms. The SMILES string of the molecule is Fc1ccc2c3ccc(F)cc3c3cc(F)ccc3c2c1. The molecule has 0 atom stereocenters. The fourth-order valence-electron chi connectivity index (χ4n) is 2.92. The molecule has 102 valence electrons. The van der Waals surface area contributed by atoms with Crippen molar-refractivity contribution in [1.82, 2.24) is 0 Å². The molecule has 4 aromatic rings. The number of halogens is 3. The van der Waals surface area contributed by atoms with Gasteiger partial charge in [-0.3, -0.25) is 0 Å². The molecule has 0 radical (unpaired) electrons. The van der Waals surface area contributed by atoms with E-state index in [-0.39, 0.29) is 11.6 Å². The van der Waals surface area contributed by atoms with Crippen LogP contribution in [0.2, 0.25) is 0 Å². The number of hydrogen-bond acceptors (Lipinski definition) is 0. The van der Waals surface area contributed by atoms with Crippen molar-refractivity contribution in [2.75, 3.05) is 0 Å². The van der Waals surface area contributed by atoms with Gasteiger partial charge in [0, 0.05) is 0 Å². The van der Waals surface area contributed by atoms with Gasteiger partial charge in [-0.1, -0.05) is 18.2 Å². The number of benzene rings is 4. The van der Waals surface area contributed by atoms with Crippen molar-refractivity contribution in [2.45, 2.75) is 0 Å². The molecule has 0 aliphatic carbocycles. The lowest BCUT2D eigenvalue weighted by Gasteiger charge is -2.10. The van der Waals surface area contributed by atoms with Gasteiger partial charge < -0.3 is 0 Å². The largest absolute Gasteiger partial charge is 0.207 e. The monoisotopic (exact) mass is 282 g/mol. The molecule has 0 amide bonds. The molecule has 0 heterocycles. The third-order valence-corrected chi connectivity index (χ3v) is 3.82. The third-order valence-electron chi connectivity index (χ3n) is 3.82. The highest BCUT2D eigenvalue weighted by molar-refractivity contribution is 6.25. The summed E-state index contributed by atoms with van der Waals surface area (Å²) in [5.41, 5.74) is 0. The van der Waals surface area contributed by atoms with Crippen LogP contribution in [0.4, 0.5) is 13.2 Å². The fraction of sp³-hybridized carbons (Fsp3) is 0. The lowest BCUT2D eigenvalue weighted by Crippen LogP contribution is -1.87. The summed E-state index contributed by atoms with van der Waals surface area (Å²) in [4.78, 5) is 0. The molecule has 0 fully saturated rings. The fourth-order valence-corrected chi connectivity index (χ4v) is 2.92. The van der Waals surface area contributed by atoms with E-state index in [0.29, 0.717) is 21.5 Å². The van der Waals surface area contributed by atoms with E-state index in [4.69, 9.17) is 0 Å². The topological polar surface area (TPSA) is 0 Å². The maximum Gasteiger partial charge on any atom is 0.123 e. The number of rotatable bonds is 0. The lowest BCUT2D eigenvalue weighted by atomic mass is 9.94. The summed E-state index contributed by atoms with van der Waals surface area (Å²) in [6.07, 6.45) is 0. The van der Waals surface area contributed by atoms with Crippen molar-refractivity contribution in [1.29, 1.82) is 0 Å². The number of fused-ring (bicyclic) bond motifs is 6. The maximum absolute atomic E-state index is 13.6. The first kappa shape index (κ1) is 12.2. The van der Waals surface area contributed by atoms with E-state index in [0.717, 1.165) is 10.8 Å². The summed E-state index contributed by atoms with van der Waals surface area (Å²) in [6.45, 7) is 0. The Morgan fingerprint density at radius 1 is 0.381 bits per heavy atom. The van der Waals surface area contributed by atoms with Crippen LogP contribution in [0, 0.1) is 17.5 Å². The van der Waals surface area contributed by atoms with E-state index < -0.39 is 5.82 Å². The zero-order valence-electron chi connectivity index (χ0n) is 10.8. The van der Waals surface area contributed by atoms with Gasteiger partial charge in [-0.05, 0) is 68.7 Å². The van der Waals surface area contributed by atoms with Gasteiger partial charge in [0.05, 0.1) is 0 Å². The zero-order valence-corrected chi connectivity index (χ0v) is 10.8. The van der Waals surface area contributed by atoms with Crippen molar-refractivity contribution in [2.24, 2.45) is 0 Å². The van der Waals surface area contributed by atoms with Gasteiger partial charge in [0.25, 0.3) is 0 Å². The van der Waals surface area contributed by atoms with Gasteiger partial charge in [-0.2, -0.15) is 0 Å². The Labute approximate surface area is 118 Å². The van der Waals surface area contributed by atoms with Crippen LogP contribution < -0.4 is 0 Å². The predicted octanol–water partition coefficient (Wildman–Crippen LogP) is 5.56. The Bertz CT molecular complexity index is 1020. The van der Waals surface area contributed by atoms with E-state index in [1.165, 1.54) is 36.4 Å². The minimum atomic E-state index is -0.399. The Hall–Kier alpha value is -2.55. The molecule has 0 saturated carbocycles. The van der Waals surface area contributed by atoms with Gasteiger partial charge >= 0.3 is 0 Å². The van der Waals surface area contributed by atoms with E-state index >= 15 is 0 Å². The molecule has 0 spiro atoms. The molecule has 0 saturated heterocycles. The molecule has 3 heteroatoms. The first-order valence-electron chi connectivity index (χ1n) is 6.53. The van der Waals surface area contributed by atoms with Crippen LogP contribution in [-0.2, 0) is 0 Å².